The third kappa shape index (κ3) is 2.43. The van der Waals surface area contributed by atoms with Gasteiger partial charge in [0.15, 0.2) is 5.82 Å². The van der Waals surface area contributed by atoms with Crippen molar-refractivity contribution >= 4 is 0 Å². The van der Waals surface area contributed by atoms with Crippen molar-refractivity contribution in [3.05, 3.63) is 11.6 Å². The number of aromatic nitrogens is 3. The molecule has 1 aromatic heterocycles. The third-order valence-electron chi connectivity index (χ3n) is 3.60. The Kier molecular flexibility index (Phi) is 3.93. The van der Waals surface area contributed by atoms with Crippen LogP contribution >= 0.6 is 0 Å². The van der Waals surface area contributed by atoms with Gasteiger partial charge in [0.05, 0.1) is 0 Å². The van der Waals surface area contributed by atoms with Crippen molar-refractivity contribution in [1.29, 1.82) is 0 Å². The van der Waals surface area contributed by atoms with Crippen LogP contribution in [-0.2, 0) is 0 Å². The van der Waals surface area contributed by atoms with E-state index in [-0.39, 0.29) is 0 Å². The summed E-state index contributed by atoms with van der Waals surface area (Å²) in [5.74, 6) is 3.21. The zero-order valence-electron chi connectivity index (χ0n) is 10.3. The van der Waals surface area contributed by atoms with Gasteiger partial charge in [-0.2, -0.15) is 5.10 Å². The maximum absolute atomic E-state index is 4.68. The van der Waals surface area contributed by atoms with Crippen molar-refractivity contribution in [3.8, 4) is 0 Å². The molecule has 0 spiro atoms. The maximum atomic E-state index is 4.68. The van der Waals surface area contributed by atoms with Gasteiger partial charge in [-0.15, -0.1) is 0 Å². The summed E-state index contributed by atoms with van der Waals surface area (Å²) in [5, 5.41) is 10.9. The van der Waals surface area contributed by atoms with Crippen molar-refractivity contribution in [2.75, 3.05) is 13.1 Å². The molecule has 0 amide bonds. The molecule has 1 aliphatic heterocycles. The van der Waals surface area contributed by atoms with Gasteiger partial charge in [-0.3, -0.25) is 5.10 Å². The highest BCUT2D eigenvalue weighted by Crippen LogP contribution is 2.25. The van der Waals surface area contributed by atoms with E-state index < -0.39 is 0 Å². The molecule has 0 atom stereocenters. The molecule has 0 aliphatic carbocycles. The first kappa shape index (κ1) is 11.6. The molecule has 1 aliphatic rings. The van der Waals surface area contributed by atoms with Crippen molar-refractivity contribution in [1.82, 2.24) is 20.5 Å². The number of hydrogen-bond donors (Lipinski definition) is 2. The number of rotatable bonds is 4. The predicted molar refractivity (Wildman–Crippen MR) is 64.6 cm³/mol. The predicted octanol–water partition coefficient (Wildman–Crippen LogP) is 2.18. The smallest absolute Gasteiger partial charge is 0.153 e. The van der Waals surface area contributed by atoms with Crippen LogP contribution in [0.2, 0.25) is 0 Å². The number of aromatic amines is 1. The van der Waals surface area contributed by atoms with E-state index in [0.717, 1.165) is 37.6 Å². The second kappa shape index (κ2) is 5.43. The molecule has 0 unspecified atom stereocenters. The Labute approximate surface area is 97.2 Å². The van der Waals surface area contributed by atoms with Gasteiger partial charge in [-0.25, -0.2) is 4.98 Å². The first-order valence-electron chi connectivity index (χ1n) is 6.48. The normalized spacial score (nSPS) is 18.2. The summed E-state index contributed by atoms with van der Waals surface area (Å²) in [6, 6.07) is 0. The SMILES string of the molecule is CCC(CC)c1n[nH]c(C2CCNCC2)n1. The largest absolute Gasteiger partial charge is 0.317 e. The van der Waals surface area contributed by atoms with Crippen LogP contribution in [-0.4, -0.2) is 28.3 Å². The minimum Gasteiger partial charge on any atom is -0.317 e. The molecule has 4 heteroatoms. The fraction of sp³-hybridized carbons (Fsp3) is 0.833. The monoisotopic (exact) mass is 222 g/mol. The lowest BCUT2D eigenvalue weighted by Crippen LogP contribution is -2.27. The van der Waals surface area contributed by atoms with Crippen LogP contribution in [0, 0.1) is 0 Å². The van der Waals surface area contributed by atoms with Gasteiger partial charge in [0.1, 0.15) is 5.82 Å². The van der Waals surface area contributed by atoms with E-state index in [1.165, 1.54) is 12.8 Å². The van der Waals surface area contributed by atoms with Crippen molar-refractivity contribution in [2.24, 2.45) is 0 Å². The summed E-state index contributed by atoms with van der Waals surface area (Å²) < 4.78 is 0. The molecule has 2 rings (SSSR count). The highest BCUT2D eigenvalue weighted by molar-refractivity contribution is 5.03. The van der Waals surface area contributed by atoms with Crippen LogP contribution in [0.5, 0.6) is 0 Å². The average molecular weight is 222 g/mol. The van der Waals surface area contributed by atoms with Crippen molar-refractivity contribution < 1.29 is 0 Å². The molecule has 0 aromatic carbocycles. The van der Waals surface area contributed by atoms with Crippen LogP contribution in [0.15, 0.2) is 0 Å². The minimum atomic E-state index is 0.520. The Morgan fingerprint density at radius 2 is 1.94 bits per heavy atom. The molecule has 1 saturated heterocycles. The van der Waals surface area contributed by atoms with E-state index in [1.807, 2.05) is 0 Å². The van der Waals surface area contributed by atoms with E-state index in [4.69, 9.17) is 0 Å². The summed E-state index contributed by atoms with van der Waals surface area (Å²) in [6.07, 6.45) is 4.61. The molecule has 1 aromatic rings. The van der Waals surface area contributed by atoms with Gasteiger partial charge in [0.25, 0.3) is 0 Å². The fourth-order valence-electron chi connectivity index (χ4n) is 2.40. The second-order valence-electron chi connectivity index (χ2n) is 4.62. The lowest BCUT2D eigenvalue weighted by Gasteiger charge is -2.20. The van der Waals surface area contributed by atoms with E-state index >= 15 is 0 Å². The van der Waals surface area contributed by atoms with Gasteiger partial charge in [0.2, 0.25) is 0 Å². The van der Waals surface area contributed by atoms with Crippen molar-refractivity contribution in [2.45, 2.75) is 51.4 Å². The van der Waals surface area contributed by atoms with Crippen LogP contribution in [0.1, 0.15) is 63.0 Å². The van der Waals surface area contributed by atoms with Crippen LogP contribution in [0.3, 0.4) is 0 Å². The molecule has 0 bridgehead atoms. The Hall–Kier alpha value is -0.900. The van der Waals surface area contributed by atoms with E-state index in [1.54, 1.807) is 0 Å². The first-order valence-corrected chi connectivity index (χ1v) is 6.48. The van der Waals surface area contributed by atoms with E-state index in [2.05, 4.69) is 34.3 Å². The Morgan fingerprint density at radius 3 is 2.56 bits per heavy atom. The number of nitrogens with zero attached hydrogens (tertiary/aromatic N) is 2. The first-order chi connectivity index (χ1) is 7.85. The lowest BCUT2D eigenvalue weighted by molar-refractivity contribution is 0.445. The number of H-pyrrole nitrogens is 1. The summed E-state index contributed by atoms with van der Waals surface area (Å²) in [7, 11) is 0. The van der Waals surface area contributed by atoms with Gasteiger partial charge in [0, 0.05) is 11.8 Å². The molecule has 4 nitrogen and oxygen atoms in total. The molecule has 0 saturated carbocycles. The average Bonchev–Trinajstić information content (AvgIpc) is 2.81. The summed E-state index contributed by atoms with van der Waals surface area (Å²) in [5.41, 5.74) is 0. The van der Waals surface area contributed by atoms with Gasteiger partial charge in [-0.05, 0) is 38.8 Å². The zero-order valence-corrected chi connectivity index (χ0v) is 10.3. The van der Waals surface area contributed by atoms with Crippen LogP contribution in [0.25, 0.3) is 0 Å². The van der Waals surface area contributed by atoms with E-state index in [0.29, 0.717) is 11.8 Å². The molecule has 2 N–H and O–H groups in total. The second-order valence-corrected chi connectivity index (χ2v) is 4.62. The molecular weight excluding hydrogens is 200 g/mol. The number of piperidine rings is 1. The summed E-state index contributed by atoms with van der Waals surface area (Å²) in [6.45, 7) is 6.61. The number of nitrogens with one attached hydrogen (secondary N) is 2. The molecule has 0 radical (unpaired) electrons. The highest BCUT2D eigenvalue weighted by Gasteiger charge is 2.20. The Bertz CT molecular complexity index is 311. The zero-order chi connectivity index (χ0) is 11.4. The highest BCUT2D eigenvalue weighted by atomic mass is 15.2. The summed E-state index contributed by atoms with van der Waals surface area (Å²) >= 11 is 0. The van der Waals surface area contributed by atoms with Gasteiger partial charge >= 0.3 is 0 Å². The third-order valence-corrected chi connectivity index (χ3v) is 3.60. The van der Waals surface area contributed by atoms with Gasteiger partial charge in [-0.1, -0.05) is 13.8 Å². The Balaban J connectivity index is 2.05. The van der Waals surface area contributed by atoms with Gasteiger partial charge < -0.3 is 5.32 Å². The molecule has 16 heavy (non-hydrogen) atoms. The van der Waals surface area contributed by atoms with Crippen molar-refractivity contribution in [3.63, 3.8) is 0 Å². The van der Waals surface area contributed by atoms with Crippen LogP contribution in [0.4, 0.5) is 0 Å². The molecule has 2 heterocycles. The number of hydrogen-bond acceptors (Lipinski definition) is 3. The topological polar surface area (TPSA) is 53.6 Å². The molecule has 90 valence electrons. The minimum absolute atomic E-state index is 0.520. The molecular formula is C12H22N4. The van der Waals surface area contributed by atoms with Crippen LogP contribution < -0.4 is 5.32 Å². The Morgan fingerprint density at radius 1 is 1.25 bits per heavy atom. The fourth-order valence-corrected chi connectivity index (χ4v) is 2.40. The quantitative estimate of drug-likeness (QED) is 0.821. The van der Waals surface area contributed by atoms with E-state index in [9.17, 15) is 0 Å². The lowest BCUT2D eigenvalue weighted by atomic mass is 9.97. The standard InChI is InChI=1S/C12H22N4/c1-3-9(4-2)11-14-12(16-15-11)10-5-7-13-8-6-10/h9-10,13H,3-8H2,1-2H3,(H,14,15,16). The maximum Gasteiger partial charge on any atom is 0.153 e. The summed E-state index contributed by atoms with van der Waals surface area (Å²) in [4.78, 5) is 4.68. The molecule has 1 fully saturated rings.